The summed E-state index contributed by atoms with van der Waals surface area (Å²) in [5, 5.41) is 7.62. The van der Waals surface area contributed by atoms with Crippen LogP contribution in [0.5, 0.6) is 0 Å². The molecule has 3 nitrogen and oxygen atoms in total. The zero-order valence-corrected chi connectivity index (χ0v) is 10.9. The van der Waals surface area contributed by atoms with Crippen molar-refractivity contribution in [2.45, 2.75) is 6.92 Å². The van der Waals surface area contributed by atoms with E-state index < -0.39 is 0 Å². The lowest BCUT2D eigenvalue weighted by Crippen LogP contribution is -2.18. The molecule has 3 N–H and O–H groups in total. The summed E-state index contributed by atoms with van der Waals surface area (Å²) in [4.78, 5) is 1.83. The Morgan fingerprint density at radius 3 is 2.58 bits per heavy atom. The summed E-state index contributed by atoms with van der Waals surface area (Å²) in [6.45, 7) is 1.97. The fourth-order valence-electron chi connectivity index (χ4n) is 1.97. The molecule has 0 aliphatic carbocycles. The second-order valence-corrected chi connectivity index (χ2v) is 4.47. The Hall–Kier alpha value is -2.36. The van der Waals surface area contributed by atoms with Crippen molar-refractivity contribution in [3.8, 4) is 0 Å². The maximum absolute atomic E-state index is 13.3. The van der Waals surface area contributed by atoms with Gasteiger partial charge in [-0.3, -0.25) is 5.41 Å². The molecule has 0 amide bonds. The van der Waals surface area contributed by atoms with E-state index in [1.807, 2.05) is 43.1 Å². The highest BCUT2D eigenvalue weighted by Crippen LogP contribution is 2.28. The Bertz CT molecular complexity index is 623. The average molecular weight is 257 g/mol. The van der Waals surface area contributed by atoms with Gasteiger partial charge in [0, 0.05) is 18.3 Å². The maximum atomic E-state index is 13.3. The third-order valence-corrected chi connectivity index (χ3v) is 3.00. The van der Waals surface area contributed by atoms with Gasteiger partial charge in [-0.2, -0.15) is 0 Å². The van der Waals surface area contributed by atoms with Crippen molar-refractivity contribution in [1.29, 1.82) is 5.41 Å². The molecule has 0 fully saturated rings. The number of nitrogens with two attached hydrogens (primary N) is 1. The molecule has 2 aromatic carbocycles. The molecule has 0 aromatic heterocycles. The van der Waals surface area contributed by atoms with E-state index >= 15 is 0 Å². The van der Waals surface area contributed by atoms with Crippen molar-refractivity contribution in [3.05, 3.63) is 59.4 Å². The fraction of sp³-hybridized carbons (Fsp3) is 0.133. The fourth-order valence-corrected chi connectivity index (χ4v) is 1.97. The molecule has 0 aliphatic heterocycles. The number of aryl methyl sites for hydroxylation is 1. The molecule has 98 valence electrons. The number of halogens is 1. The van der Waals surface area contributed by atoms with Crippen LogP contribution < -0.4 is 10.6 Å². The van der Waals surface area contributed by atoms with Gasteiger partial charge in [0.25, 0.3) is 0 Å². The number of hydrogen-bond donors (Lipinski definition) is 2. The van der Waals surface area contributed by atoms with Gasteiger partial charge in [-0.15, -0.1) is 0 Å². The van der Waals surface area contributed by atoms with Crippen LogP contribution in [0.4, 0.5) is 15.8 Å². The minimum absolute atomic E-state index is 0.00162. The first-order chi connectivity index (χ1) is 8.99. The average Bonchev–Trinajstić information content (AvgIpc) is 2.37. The van der Waals surface area contributed by atoms with E-state index in [1.165, 1.54) is 12.1 Å². The molecule has 0 radical (unpaired) electrons. The Balaban J connectivity index is 2.51. The van der Waals surface area contributed by atoms with Gasteiger partial charge in [-0.05, 0) is 42.8 Å². The zero-order chi connectivity index (χ0) is 14.0. The van der Waals surface area contributed by atoms with Crippen LogP contribution in [0.2, 0.25) is 0 Å². The normalized spacial score (nSPS) is 10.3. The molecule has 0 saturated carbocycles. The Kier molecular flexibility index (Phi) is 3.51. The highest BCUT2D eigenvalue weighted by Gasteiger charge is 2.12. The number of amidine groups is 1. The van der Waals surface area contributed by atoms with Crippen molar-refractivity contribution in [2.24, 2.45) is 5.73 Å². The first kappa shape index (κ1) is 13.1. The number of rotatable bonds is 3. The molecule has 4 heteroatoms. The summed E-state index contributed by atoms with van der Waals surface area (Å²) in [5.41, 5.74) is 8.79. The van der Waals surface area contributed by atoms with Gasteiger partial charge in [0.05, 0.1) is 5.69 Å². The minimum Gasteiger partial charge on any atom is -0.384 e. The zero-order valence-electron chi connectivity index (χ0n) is 10.9. The molecular formula is C15H16FN3. The second kappa shape index (κ2) is 5.10. The van der Waals surface area contributed by atoms with E-state index in [1.54, 1.807) is 6.07 Å². The minimum atomic E-state index is -0.290. The highest BCUT2D eigenvalue weighted by atomic mass is 19.1. The quantitative estimate of drug-likeness (QED) is 0.655. The molecule has 0 unspecified atom stereocenters. The topological polar surface area (TPSA) is 53.1 Å². The van der Waals surface area contributed by atoms with Crippen molar-refractivity contribution in [2.75, 3.05) is 11.9 Å². The second-order valence-electron chi connectivity index (χ2n) is 4.47. The van der Waals surface area contributed by atoms with Crippen LogP contribution in [-0.4, -0.2) is 12.9 Å². The third kappa shape index (κ3) is 2.73. The summed E-state index contributed by atoms with van der Waals surface area (Å²) in [7, 11) is 1.83. The number of nitrogens with one attached hydrogen (secondary N) is 1. The first-order valence-electron chi connectivity index (χ1n) is 5.93. The Morgan fingerprint density at radius 2 is 1.95 bits per heavy atom. The number of nitrogen functional groups attached to an aromatic ring is 1. The molecule has 0 spiro atoms. The van der Waals surface area contributed by atoms with Gasteiger partial charge in [0.15, 0.2) is 0 Å². The molecular weight excluding hydrogens is 241 g/mol. The van der Waals surface area contributed by atoms with Gasteiger partial charge < -0.3 is 10.6 Å². The van der Waals surface area contributed by atoms with Gasteiger partial charge in [-0.1, -0.05) is 12.1 Å². The van der Waals surface area contributed by atoms with E-state index in [2.05, 4.69) is 0 Å². The van der Waals surface area contributed by atoms with E-state index in [0.29, 0.717) is 11.3 Å². The largest absolute Gasteiger partial charge is 0.384 e. The lowest BCUT2D eigenvalue weighted by molar-refractivity contribution is 0.628. The Labute approximate surface area is 112 Å². The first-order valence-corrected chi connectivity index (χ1v) is 5.93. The number of anilines is 2. The molecule has 0 atom stereocenters. The number of nitrogens with zero attached hydrogens (tertiary/aromatic N) is 1. The van der Waals surface area contributed by atoms with Crippen LogP contribution in [0.15, 0.2) is 42.5 Å². The van der Waals surface area contributed by atoms with Crippen molar-refractivity contribution >= 4 is 17.2 Å². The summed E-state index contributed by atoms with van der Waals surface area (Å²) in [6.07, 6.45) is 0. The molecule has 19 heavy (non-hydrogen) atoms. The molecule has 0 saturated heterocycles. The van der Waals surface area contributed by atoms with Gasteiger partial charge in [0.2, 0.25) is 0 Å². The Morgan fingerprint density at radius 1 is 1.21 bits per heavy atom. The number of benzene rings is 2. The number of hydrogen-bond acceptors (Lipinski definition) is 2. The van der Waals surface area contributed by atoms with E-state index in [9.17, 15) is 4.39 Å². The SMILES string of the molecule is Cc1ccc(C(=N)N)c(N(C)c2cccc(F)c2)c1. The van der Waals surface area contributed by atoms with E-state index in [-0.39, 0.29) is 11.7 Å². The van der Waals surface area contributed by atoms with Crippen molar-refractivity contribution in [3.63, 3.8) is 0 Å². The van der Waals surface area contributed by atoms with Crippen LogP contribution in [0.25, 0.3) is 0 Å². The molecule has 0 bridgehead atoms. The summed E-state index contributed by atoms with van der Waals surface area (Å²) < 4.78 is 13.3. The molecule has 2 aromatic rings. The van der Waals surface area contributed by atoms with E-state index in [0.717, 1.165) is 11.3 Å². The van der Waals surface area contributed by atoms with Gasteiger partial charge in [0.1, 0.15) is 11.7 Å². The predicted octanol–water partition coefficient (Wildman–Crippen LogP) is 3.19. The lowest BCUT2D eigenvalue weighted by atomic mass is 10.1. The maximum Gasteiger partial charge on any atom is 0.125 e. The standard InChI is InChI=1S/C15H16FN3/c1-10-6-7-13(15(17)18)14(8-10)19(2)12-5-3-4-11(16)9-12/h3-9H,1-2H3,(H3,17,18). The monoisotopic (exact) mass is 257 g/mol. The van der Waals surface area contributed by atoms with Crippen molar-refractivity contribution in [1.82, 2.24) is 0 Å². The van der Waals surface area contributed by atoms with Crippen LogP contribution in [0.3, 0.4) is 0 Å². The summed E-state index contributed by atoms with van der Waals surface area (Å²) in [6, 6.07) is 12.0. The summed E-state index contributed by atoms with van der Waals surface area (Å²) >= 11 is 0. The van der Waals surface area contributed by atoms with Gasteiger partial charge >= 0.3 is 0 Å². The molecule has 2 rings (SSSR count). The molecule has 0 aliphatic rings. The van der Waals surface area contributed by atoms with Crippen LogP contribution in [0, 0.1) is 18.2 Å². The van der Waals surface area contributed by atoms with Crippen molar-refractivity contribution < 1.29 is 4.39 Å². The van der Waals surface area contributed by atoms with E-state index in [4.69, 9.17) is 11.1 Å². The smallest absolute Gasteiger partial charge is 0.125 e. The van der Waals surface area contributed by atoms with Crippen LogP contribution in [0.1, 0.15) is 11.1 Å². The third-order valence-electron chi connectivity index (χ3n) is 3.00. The van der Waals surface area contributed by atoms with Crippen LogP contribution in [-0.2, 0) is 0 Å². The highest BCUT2D eigenvalue weighted by molar-refractivity contribution is 6.01. The van der Waals surface area contributed by atoms with Crippen LogP contribution >= 0.6 is 0 Å². The van der Waals surface area contributed by atoms with Gasteiger partial charge in [-0.25, -0.2) is 4.39 Å². The predicted molar refractivity (Wildman–Crippen MR) is 76.7 cm³/mol. The molecule has 0 heterocycles. The lowest BCUT2D eigenvalue weighted by Gasteiger charge is -2.23. The summed E-state index contributed by atoms with van der Waals surface area (Å²) in [5.74, 6) is -0.292.